The third kappa shape index (κ3) is 19.1. The van der Waals surface area contributed by atoms with Gasteiger partial charge in [-0.05, 0) is 0 Å². The van der Waals surface area contributed by atoms with E-state index in [1.165, 1.54) is 54.8 Å². The molecular weight excluding hydrogens is 1040 g/mol. The van der Waals surface area contributed by atoms with E-state index in [-0.39, 0.29) is 86.9 Å². The monoisotopic (exact) mass is 1090 g/mol. The van der Waals surface area contributed by atoms with Crippen LogP contribution in [-0.2, 0) is 79.8 Å². The van der Waals surface area contributed by atoms with Crippen molar-refractivity contribution in [2.45, 2.75) is 89.2 Å². The summed E-state index contributed by atoms with van der Waals surface area (Å²) < 4.78 is 64.9. The second-order valence-electron chi connectivity index (χ2n) is 15.4. The first-order valence-electron chi connectivity index (χ1n) is 21.8. The smallest absolute Gasteiger partial charge is 0.330 e. The first kappa shape index (κ1) is 62.3. The molecule has 2 aromatic rings. The van der Waals surface area contributed by atoms with Gasteiger partial charge in [0.05, 0.1) is 36.5 Å². The number of rotatable bonds is 18. The number of hydrogen-bond donors (Lipinski definition) is 5. The number of nitrogens with two attached hydrogens (primary N) is 1. The lowest BCUT2D eigenvalue weighted by molar-refractivity contribution is -0.227. The number of phosphoric acid groups is 2. The van der Waals surface area contributed by atoms with Crippen molar-refractivity contribution in [1.82, 2.24) is 34.5 Å². The number of ether oxygens (including phenoxy) is 4. The van der Waals surface area contributed by atoms with E-state index >= 15 is 0 Å². The molecule has 74 heavy (non-hydrogen) atoms. The highest BCUT2D eigenvalue weighted by Crippen LogP contribution is 2.40. The molecule has 32 nitrogen and oxygen atoms in total. The molecule has 8 unspecified atom stereocenters. The number of hydroxylamine groups is 4. The largest absolute Gasteiger partial charge is 0.756 e. The van der Waals surface area contributed by atoms with Gasteiger partial charge in [-0.1, -0.05) is 24.3 Å². The number of carbonyl (C=O) groups is 6. The Kier molecular flexibility index (Phi) is 24.6. The Hall–Kier alpha value is -5.96. The van der Waals surface area contributed by atoms with E-state index in [1.807, 2.05) is 0 Å². The van der Waals surface area contributed by atoms with Crippen LogP contribution >= 0.6 is 15.6 Å². The van der Waals surface area contributed by atoms with Crippen molar-refractivity contribution in [2.24, 2.45) is 5.73 Å². The van der Waals surface area contributed by atoms with Gasteiger partial charge in [-0.15, -0.1) is 5.06 Å². The summed E-state index contributed by atoms with van der Waals surface area (Å²) in [5, 5.41) is 11.6. The molecule has 4 saturated heterocycles. The van der Waals surface area contributed by atoms with Gasteiger partial charge in [-0.2, -0.15) is 5.06 Å². The molecule has 4 aliphatic rings. The summed E-state index contributed by atoms with van der Waals surface area (Å²) in [5.74, 6) is -2.79. The third-order valence-corrected chi connectivity index (χ3v) is 12.1. The number of carbonyl (C=O) groups excluding carboxylic acids is 6. The standard InChI is InChI=1S/C16H24N3O9P.C14H22N3O8P.C6H7NO4.C4H5NO3/c1-10(20)17-6-4-5-11-8-19(16(22)18-15(11)21)14-7-12(25-2)13(28-14)9-27-29(23,24)26-3;1-22-10-6-12(25-11(10)8-24-26(20,21)23-2)17-7-9(4-3-5-15)13(18)16-14(17)19;1-4(8)11-7-5(9)2-3-6(7)10;6-3-1-2-4(7)5(3)8/h4-5,8,12-14H,6-7,9H2,1-3H3,(H,17,20)(H,23,24)(H,18,21,22);3-4,7,10-12H,5-6,8,15H2,1-2H3,(H,20,21)(H,16,18,19);2-3H2,1H3;8H,1-2H2/p-2/b5-4+;4-3+;;. The first-order chi connectivity index (χ1) is 34.8. The van der Waals surface area contributed by atoms with E-state index in [0.29, 0.717) is 5.06 Å². The molecule has 6 N–H and O–H groups in total. The minimum Gasteiger partial charge on any atom is -0.756 e. The molecule has 0 aromatic carbocycles. The van der Waals surface area contributed by atoms with Crippen LogP contribution in [0.25, 0.3) is 12.2 Å². The Morgan fingerprint density at radius 3 is 1.47 bits per heavy atom. The lowest BCUT2D eigenvalue weighted by Gasteiger charge is -2.24. The molecule has 0 bridgehead atoms. The predicted molar refractivity (Wildman–Crippen MR) is 244 cm³/mol. The van der Waals surface area contributed by atoms with E-state index in [9.17, 15) is 66.9 Å². The summed E-state index contributed by atoms with van der Waals surface area (Å²) in [5.41, 5.74) is 3.28. The van der Waals surface area contributed by atoms with E-state index in [0.717, 1.165) is 21.1 Å². The van der Waals surface area contributed by atoms with Crippen LogP contribution in [0.5, 0.6) is 0 Å². The van der Waals surface area contributed by atoms with Crippen LogP contribution in [0, 0.1) is 0 Å². The highest BCUT2D eigenvalue weighted by molar-refractivity contribution is 7.46. The number of methoxy groups -OCH3 is 2. The van der Waals surface area contributed by atoms with Crippen molar-refractivity contribution in [3.8, 4) is 0 Å². The number of H-pyrrole nitrogens is 2. The summed E-state index contributed by atoms with van der Waals surface area (Å²) in [6.07, 6.45) is 5.62. The lowest BCUT2D eigenvalue weighted by atomic mass is 10.2. The van der Waals surface area contributed by atoms with Crippen LogP contribution in [-0.4, -0.2) is 149 Å². The topological polar surface area (TPSA) is 440 Å². The average Bonchev–Trinajstić information content (AvgIpc) is 4.12. The van der Waals surface area contributed by atoms with Gasteiger partial charge in [-0.3, -0.25) is 67.0 Å². The molecule has 6 heterocycles. The molecule has 8 atom stereocenters. The number of aromatic nitrogens is 4. The molecule has 0 spiro atoms. The zero-order valence-electron chi connectivity index (χ0n) is 40.6. The Morgan fingerprint density at radius 2 is 1.14 bits per heavy atom. The predicted octanol–water partition coefficient (Wildman–Crippen LogP) is -2.80. The van der Waals surface area contributed by atoms with Crippen molar-refractivity contribution < 1.29 is 94.8 Å². The van der Waals surface area contributed by atoms with Gasteiger partial charge in [0.25, 0.3) is 50.4 Å². The number of phosphoric ester groups is 2. The quantitative estimate of drug-likeness (QED) is 0.0572. The fourth-order valence-corrected chi connectivity index (χ4v) is 7.45. The van der Waals surface area contributed by atoms with Crippen molar-refractivity contribution in [2.75, 3.05) is 54.7 Å². The molecule has 6 rings (SSSR count). The number of hydrogen-bond acceptors (Lipinski definition) is 25. The van der Waals surface area contributed by atoms with Crippen LogP contribution in [0.3, 0.4) is 0 Å². The normalized spacial score (nSPS) is 23.2. The molecule has 0 radical (unpaired) electrons. The number of imide groups is 2. The summed E-state index contributed by atoms with van der Waals surface area (Å²) in [6.45, 7) is 2.26. The Labute approximate surface area is 419 Å². The summed E-state index contributed by atoms with van der Waals surface area (Å²) in [7, 11) is -4.05. The van der Waals surface area contributed by atoms with Gasteiger partial charge in [-0.25, -0.2) is 14.4 Å². The number of nitrogens with zero attached hydrogens (tertiary/aromatic N) is 4. The van der Waals surface area contributed by atoms with Gasteiger partial charge in [0.15, 0.2) is 0 Å². The third-order valence-electron chi connectivity index (χ3n) is 10.3. The number of aromatic amines is 2. The molecule has 0 aliphatic carbocycles. The summed E-state index contributed by atoms with van der Waals surface area (Å²) in [4.78, 5) is 143. The molecule has 5 amide bonds. The second-order valence-corrected chi connectivity index (χ2v) is 18.4. The molecule has 2 aromatic heterocycles. The Morgan fingerprint density at radius 1 is 0.730 bits per heavy atom. The minimum absolute atomic E-state index is 0.131. The zero-order valence-corrected chi connectivity index (χ0v) is 42.4. The van der Waals surface area contributed by atoms with E-state index in [2.05, 4.69) is 29.2 Å². The SMILES string of the molecule is CC(=O)ON1C(=O)CCC1=O.COC1CC(n2cc(/C=C/CN)c(=O)[nH]c2=O)OC1COP(=O)([O-])OC.COC1CC(n2cc(/C=C/CNC(C)=O)c(=O)[nH]c2=O)OC1COP(=O)([O-])OC.O=C1CCC(=O)N1O. The van der Waals surface area contributed by atoms with Crippen LogP contribution in [0.1, 0.15) is 76.0 Å². The zero-order chi connectivity index (χ0) is 55.5. The average molecular weight is 1090 g/mol. The molecule has 412 valence electrons. The van der Waals surface area contributed by atoms with Gasteiger partial charge in [0.2, 0.25) is 5.91 Å². The fraction of sp³-hybridized carbons (Fsp3) is 0.550. The molecule has 0 saturated carbocycles. The Balaban J connectivity index is 0.000000290. The van der Waals surface area contributed by atoms with Crippen molar-refractivity contribution >= 4 is 63.3 Å². The maximum atomic E-state index is 12.2. The van der Waals surface area contributed by atoms with E-state index in [4.69, 9.17) is 38.9 Å². The summed E-state index contributed by atoms with van der Waals surface area (Å²) in [6, 6.07) is 0. The van der Waals surface area contributed by atoms with Crippen molar-refractivity contribution in [3.63, 3.8) is 0 Å². The van der Waals surface area contributed by atoms with Gasteiger partial charge < -0.3 is 62.7 Å². The molecule has 34 heteroatoms. The van der Waals surface area contributed by atoms with Gasteiger partial charge >= 0.3 is 17.3 Å². The van der Waals surface area contributed by atoms with Crippen LogP contribution < -0.4 is 43.3 Å². The highest BCUT2D eigenvalue weighted by atomic mass is 31.2. The maximum Gasteiger partial charge on any atom is 0.330 e. The first-order valence-corrected chi connectivity index (χ1v) is 24.7. The van der Waals surface area contributed by atoms with Crippen molar-refractivity contribution in [1.29, 1.82) is 0 Å². The van der Waals surface area contributed by atoms with Crippen molar-refractivity contribution in [3.05, 3.63) is 77.3 Å². The van der Waals surface area contributed by atoms with Crippen LogP contribution in [0.15, 0.2) is 43.7 Å². The molecular formula is C40H56N8O24P2-2. The number of amides is 5. The van der Waals surface area contributed by atoms with E-state index in [1.54, 1.807) is 12.2 Å². The minimum atomic E-state index is -4.44. The summed E-state index contributed by atoms with van der Waals surface area (Å²) >= 11 is 0. The molecule has 4 aliphatic heterocycles. The highest BCUT2D eigenvalue weighted by Gasteiger charge is 2.39. The van der Waals surface area contributed by atoms with Crippen LogP contribution in [0.2, 0.25) is 0 Å². The van der Waals surface area contributed by atoms with Crippen LogP contribution in [0.4, 0.5) is 0 Å². The van der Waals surface area contributed by atoms with E-state index < -0.39 is 105 Å². The van der Waals surface area contributed by atoms with Gasteiger partial charge in [0.1, 0.15) is 24.7 Å². The molecule has 4 fully saturated rings. The second kappa shape index (κ2) is 29.2. The number of nitrogens with one attached hydrogen (secondary N) is 3. The fourth-order valence-electron chi connectivity index (χ4n) is 6.58. The lowest BCUT2D eigenvalue weighted by Crippen LogP contribution is -2.33. The Bertz CT molecular complexity index is 2690. The van der Waals surface area contributed by atoms with Gasteiger partial charge in [0, 0.05) is 106 Å². The maximum absolute atomic E-state index is 12.2.